The highest BCUT2D eigenvalue weighted by molar-refractivity contribution is 6.02. The molecule has 126 valence electrons. The maximum Gasteiger partial charge on any atom is 0.339 e. The van der Waals surface area contributed by atoms with E-state index in [9.17, 15) is 9.90 Å². The first-order valence-corrected chi connectivity index (χ1v) is 7.89. The highest BCUT2D eigenvalue weighted by Gasteiger charge is 2.18. The average Bonchev–Trinajstić information content (AvgIpc) is 3.25. The number of rotatable bonds is 4. The molecule has 0 unspecified atom stereocenters. The first-order valence-electron chi connectivity index (χ1n) is 7.89. The molecule has 25 heavy (non-hydrogen) atoms. The lowest BCUT2D eigenvalue weighted by Gasteiger charge is -2.06. The Morgan fingerprint density at radius 2 is 2.20 bits per heavy atom. The van der Waals surface area contributed by atoms with Gasteiger partial charge in [-0.2, -0.15) is 5.10 Å². The number of fused-ring (bicyclic) bond motifs is 2. The summed E-state index contributed by atoms with van der Waals surface area (Å²) in [7, 11) is 1.46. The van der Waals surface area contributed by atoms with E-state index in [1.165, 1.54) is 18.7 Å². The van der Waals surface area contributed by atoms with E-state index in [0.29, 0.717) is 22.3 Å². The molecule has 1 aliphatic heterocycles. The lowest BCUT2D eigenvalue weighted by molar-refractivity contribution is 0.0693. The molecule has 0 bridgehead atoms. The predicted molar refractivity (Wildman–Crippen MR) is 94.2 cm³/mol. The fraction of sp³-hybridized carbons (Fsp3) is 0.158. The third kappa shape index (κ3) is 2.61. The van der Waals surface area contributed by atoms with Crippen LogP contribution in [0.5, 0.6) is 11.5 Å². The van der Waals surface area contributed by atoms with E-state index in [1.54, 1.807) is 6.07 Å². The van der Waals surface area contributed by atoms with Gasteiger partial charge in [-0.3, -0.25) is 5.10 Å². The summed E-state index contributed by atoms with van der Waals surface area (Å²) in [6.45, 7) is 0.725. The molecule has 0 radical (unpaired) electrons. The zero-order valence-corrected chi connectivity index (χ0v) is 13.6. The van der Waals surface area contributed by atoms with Gasteiger partial charge < -0.3 is 14.6 Å². The third-order valence-electron chi connectivity index (χ3n) is 4.29. The molecule has 0 saturated heterocycles. The average molecular weight is 336 g/mol. The summed E-state index contributed by atoms with van der Waals surface area (Å²) in [4.78, 5) is 11.4. The molecule has 0 fully saturated rings. The summed E-state index contributed by atoms with van der Waals surface area (Å²) in [5.74, 6) is 0.214. The van der Waals surface area contributed by atoms with E-state index < -0.39 is 5.97 Å². The van der Waals surface area contributed by atoms with Crippen molar-refractivity contribution in [2.24, 2.45) is 0 Å². The molecule has 0 amide bonds. The van der Waals surface area contributed by atoms with Crippen LogP contribution in [0.25, 0.3) is 23.1 Å². The van der Waals surface area contributed by atoms with Crippen molar-refractivity contribution in [1.29, 1.82) is 0 Å². The lowest BCUT2D eigenvalue weighted by atomic mass is 10.1. The standard InChI is InChI=1S/C19H16N2O4/c1-24-18-13(19(22)23)4-6-15-17(18)14(20-21-15)5-2-11-3-7-16-12(10-11)8-9-25-16/h2-7,10H,8-9H2,1H3,(H,20,21)(H,22,23)/b5-2+. The fourth-order valence-corrected chi connectivity index (χ4v) is 3.09. The van der Waals surface area contributed by atoms with Crippen LogP contribution in [0.15, 0.2) is 30.3 Å². The molecule has 2 heterocycles. The minimum Gasteiger partial charge on any atom is -0.495 e. The topological polar surface area (TPSA) is 84.4 Å². The van der Waals surface area contributed by atoms with Gasteiger partial charge in [0.05, 0.1) is 30.3 Å². The summed E-state index contributed by atoms with van der Waals surface area (Å²) in [5, 5.41) is 17.2. The molecule has 1 aromatic heterocycles. The summed E-state index contributed by atoms with van der Waals surface area (Å²) in [5.41, 5.74) is 3.71. The van der Waals surface area contributed by atoms with Crippen LogP contribution < -0.4 is 9.47 Å². The number of carboxylic acids is 1. The highest BCUT2D eigenvalue weighted by Crippen LogP contribution is 2.32. The Morgan fingerprint density at radius 1 is 1.32 bits per heavy atom. The van der Waals surface area contributed by atoms with Crippen LogP contribution in [0.2, 0.25) is 0 Å². The molecule has 0 atom stereocenters. The van der Waals surface area contributed by atoms with Crippen molar-refractivity contribution in [3.05, 3.63) is 52.7 Å². The van der Waals surface area contributed by atoms with Gasteiger partial charge in [0.25, 0.3) is 0 Å². The minimum atomic E-state index is -1.03. The number of aromatic carboxylic acids is 1. The van der Waals surface area contributed by atoms with Gasteiger partial charge >= 0.3 is 5.97 Å². The van der Waals surface area contributed by atoms with Gasteiger partial charge in [0, 0.05) is 6.42 Å². The molecule has 6 heteroatoms. The van der Waals surface area contributed by atoms with Gasteiger partial charge in [-0.25, -0.2) is 4.79 Å². The first kappa shape index (κ1) is 15.3. The molecule has 2 N–H and O–H groups in total. The van der Waals surface area contributed by atoms with Crippen LogP contribution in [0.3, 0.4) is 0 Å². The SMILES string of the molecule is COc1c(C(=O)O)ccc2n[nH]c(/C=C/c3ccc4c(c3)CCO4)c12. The number of aromatic nitrogens is 2. The molecule has 6 nitrogen and oxygen atoms in total. The second-order valence-corrected chi connectivity index (χ2v) is 5.78. The summed E-state index contributed by atoms with van der Waals surface area (Å²) >= 11 is 0. The van der Waals surface area contributed by atoms with Crippen molar-refractivity contribution >= 4 is 29.0 Å². The normalized spacial score (nSPS) is 13.2. The Balaban J connectivity index is 1.76. The van der Waals surface area contributed by atoms with E-state index in [0.717, 1.165) is 24.3 Å². The molecular weight excluding hydrogens is 320 g/mol. The van der Waals surface area contributed by atoms with Crippen LogP contribution >= 0.6 is 0 Å². The number of nitrogens with zero attached hydrogens (tertiary/aromatic N) is 1. The summed E-state index contributed by atoms with van der Waals surface area (Å²) in [6.07, 6.45) is 4.75. The van der Waals surface area contributed by atoms with Crippen LogP contribution in [0.4, 0.5) is 0 Å². The van der Waals surface area contributed by atoms with E-state index in [4.69, 9.17) is 9.47 Å². The van der Waals surface area contributed by atoms with Crippen LogP contribution in [-0.2, 0) is 6.42 Å². The Hall–Kier alpha value is -3.28. The number of carbonyl (C=O) groups is 1. The summed E-state index contributed by atoms with van der Waals surface area (Å²) < 4.78 is 10.9. The number of benzene rings is 2. The Labute approximate surface area is 143 Å². The van der Waals surface area contributed by atoms with Crippen molar-refractivity contribution in [3.8, 4) is 11.5 Å². The van der Waals surface area contributed by atoms with Crippen molar-refractivity contribution in [1.82, 2.24) is 10.2 Å². The summed E-state index contributed by atoms with van der Waals surface area (Å²) in [6, 6.07) is 9.22. The number of aromatic amines is 1. The molecule has 1 aliphatic rings. The van der Waals surface area contributed by atoms with E-state index >= 15 is 0 Å². The number of methoxy groups -OCH3 is 1. The molecule has 0 saturated carbocycles. The van der Waals surface area contributed by atoms with Gasteiger partial charge in [-0.05, 0) is 41.5 Å². The number of H-pyrrole nitrogens is 1. The Morgan fingerprint density at radius 3 is 3.00 bits per heavy atom. The van der Waals surface area contributed by atoms with Crippen molar-refractivity contribution in [3.63, 3.8) is 0 Å². The van der Waals surface area contributed by atoms with E-state index in [2.05, 4.69) is 16.3 Å². The number of ether oxygens (including phenoxy) is 2. The fourth-order valence-electron chi connectivity index (χ4n) is 3.09. The van der Waals surface area contributed by atoms with E-state index in [1.807, 2.05) is 24.3 Å². The molecular formula is C19H16N2O4. The zero-order chi connectivity index (χ0) is 17.4. The van der Waals surface area contributed by atoms with Crippen LogP contribution in [0.1, 0.15) is 27.2 Å². The molecule has 4 rings (SSSR count). The van der Waals surface area contributed by atoms with Gasteiger partial charge in [0.2, 0.25) is 0 Å². The number of nitrogens with one attached hydrogen (secondary N) is 1. The number of hydrogen-bond acceptors (Lipinski definition) is 4. The van der Waals surface area contributed by atoms with Crippen molar-refractivity contribution < 1.29 is 19.4 Å². The Bertz CT molecular complexity index is 1000. The molecule has 0 spiro atoms. The second kappa shape index (κ2) is 5.98. The second-order valence-electron chi connectivity index (χ2n) is 5.78. The number of carboxylic acid groups (broad SMARTS) is 1. The quantitative estimate of drug-likeness (QED) is 0.763. The highest BCUT2D eigenvalue weighted by atomic mass is 16.5. The first-order chi connectivity index (χ1) is 12.2. The van der Waals surface area contributed by atoms with Gasteiger partial charge in [0.1, 0.15) is 17.1 Å². The van der Waals surface area contributed by atoms with E-state index in [-0.39, 0.29) is 5.56 Å². The largest absolute Gasteiger partial charge is 0.495 e. The third-order valence-corrected chi connectivity index (χ3v) is 4.29. The van der Waals surface area contributed by atoms with Crippen LogP contribution in [-0.4, -0.2) is 35.0 Å². The molecule has 2 aromatic carbocycles. The smallest absolute Gasteiger partial charge is 0.339 e. The lowest BCUT2D eigenvalue weighted by Crippen LogP contribution is -2.00. The van der Waals surface area contributed by atoms with Gasteiger partial charge in [0.15, 0.2) is 0 Å². The minimum absolute atomic E-state index is 0.112. The van der Waals surface area contributed by atoms with Crippen LogP contribution in [0, 0.1) is 0 Å². The Kier molecular flexibility index (Phi) is 3.65. The monoisotopic (exact) mass is 336 g/mol. The number of hydrogen-bond donors (Lipinski definition) is 2. The predicted octanol–water partition coefficient (Wildman–Crippen LogP) is 3.38. The zero-order valence-electron chi connectivity index (χ0n) is 13.6. The van der Waals surface area contributed by atoms with Crippen molar-refractivity contribution in [2.45, 2.75) is 6.42 Å². The maximum absolute atomic E-state index is 11.4. The van der Waals surface area contributed by atoms with Crippen molar-refractivity contribution in [2.75, 3.05) is 13.7 Å². The molecule has 0 aliphatic carbocycles. The van der Waals surface area contributed by atoms with Gasteiger partial charge in [-0.1, -0.05) is 12.1 Å². The maximum atomic E-state index is 11.4. The molecule has 3 aromatic rings. The van der Waals surface area contributed by atoms with Gasteiger partial charge in [-0.15, -0.1) is 0 Å².